The summed E-state index contributed by atoms with van der Waals surface area (Å²) in [5.74, 6) is 0.0774. The summed E-state index contributed by atoms with van der Waals surface area (Å²) in [6.45, 7) is 5.64. The topological polar surface area (TPSA) is 45.2 Å². The highest BCUT2D eigenvalue weighted by Gasteiger charge is 2.28. The van der Waals surface area contributed by atoms with E-state index in [1.54, 1.807) is 11.3 Å². The molecule has 0 saturated carbocycles. The van der Waals surface area contributed by atoms with Crippen LogP contribution in [0.1, 0.15) is 55.3 Å². The van der Waals surface area contributed by atoms with Gasteiger partial charge in [0.1, 0.15) is 5.01 Å². The van der Waals surface area contributed by atoms with E-state index in [4.69, 9.17) is 4.98 Å². The highest BCUT2D eigenvalue weighted by atomic mass is 32.1. The van der Waals surface area contributed by atoms with Crippen LogP contribution in [-0.4, -0.2) is 28.9 Å². The van der Waals surface area contributed by atoms with E-state index in [1.165, 1.54) is 22.2 Å². The number of nitrogens with zero attached hydrogens (tertiary/aromatic N) is 2. The molecule has 1 fully saturated rings. The maximum Gasteiger partial charge on any atom is 0.238 e. The molecular weight excluding hydrogens is 378 g/mol. The number of carbonyl (C=O) groups is 1. The van der Waals surface area contributed by atoms with Crippen LogP contribution in [-0.2, 0) is 17.6 Å². The summed E-state index contributed by atoms with van der Waals surface area (Å²) in [7, 11) is 0. The lowest BCUT2D eigenvalue weighted by molar-refractivity contribution is -0.118. The second kappa shape index (κ2) is 9.06. The molecule has 1 amide bonds. The molecule has 1 aliphatic heterocycles. The Labute approximate surface area is 177 Å². The van der Waals surface area contributed by atoms with Gasteiger partial charge in [0.15, 0.2) is 0 Å². The molecule has 0 spiro atoms. The zero-order valence-corrected chi connectivity index (χ0v) is 18.1. The number of likely N-dealkylation sites (tertiary alicyclic amines) is 1. The number of hydrogen-bond acceptors (Lipinski definition) is 4. The maximum absolute atomic E-state index is 13.0. The van der Waals surface area contributed by atoms with Gasteiger partial charge in [0.05, 0.1) is 22.8 Å². The average Bonchev–Trinajstić information content (AvgIpc) is 3.18. The van der Waals surface area contributed by atoms with Crippen LogP contribution in [0.25, 0.3) is 10.2 Å². The minimum absolute atomic E-state index is 0.0774. The van der Waals surface area contributed by atoms with Crippen molar-refractivity contribution in [2.75, 3.05) is 18.4 Å². The predicted octanol–water partition coefficient (Wildman–Crippen LogP) is 5.59. The maximum atomic E-state index is 13.0. The standard InChI is InChI=1S/C24H29N3OS/c1-3-17-10-9-11-18(4-2)23(17)26-22(28)16-27-15-8-7-13-20(27)24-25-19-12-5-6-14-21(19)29-24/h5-6,9-12,14,20H,3-4,7-8,13,15-16H2,1-2H3,(H,26,28)/t20-/m1/s1. The minimum atomic E-state index is 0.0774. The summed E-state index contributed by atoms with van der Waals surface area (Å²) in [5.41, 5.74) is 4.49. The van der Waals surface area contributed by atoms with Gasteiger partial charge in [-0.2, -0.15) is 0 Å². The average molecular weight is 408 g/mol. The van der Waals surface area contributed by atoms with Gasteiger partial charge in [0.25, 0.3) is 0 Å². The summed E-state index contributed by atoms with van der Waals surface area (Å²) in [6.07, 6.45) is 5.24. The smallest absolute Gasteiger partial charge is 0.238 e. The van der Waals surface area contributed by atoms with E-state index < -0.39 is 0 Å². The van der Waals surface area contributed by atoms with Crippen molar-refractivity contribution in [3.05, 3.63) is 58.6 Å². The summed E-state index contributed by atoms with van der Waals surface area (Å²) < 4.78 is 1.22. The third-order valence-corrected chi connectivity index (χ3v) is 6.96. The molecule has 3 aromatic rings. The molecule has 2 heterocycles. The molecule has 0 radical (unpaired) electrons. The van der Waals surface area contributed by atoms with Crippen molar-refractivity contribution < 1.29 is 4.79 Å². The Bertz CT molecular complexity index is 941. The zero-order valence-electron chi connectivity index (χ0n) is 17.3. The van der Waals surface area contributed by atoms with Crippen LogP contribution in [0.15, 0.2) is 42.5 Å². The van der Waals surface area contributed by atoms with Gasteiger partial charge in [-0.05, 0) is 55.5 Å². The third-order valence-electron chi connectivity index (χ3n) is 5.82. The Hall–Kier alpha value is -2.24. The van der Waals surface area contributed by atoms with Crippen molar-refractivity contribution in [2.45, 2.75) is 52.0 Å². The number of thiazole rings is 1. The molecule has 1 aliphatic rings. The van der Waals surface area contributed by atoms with E-state index in [-0.39, 0.29) is 11.9 Å². The van der Waals surface area contributed by atoms with Gasteiger partial charge in [0.2, 0.25) is 5.91 Å². The Morgan fingerprint density at radius 2 is 1.86 bits per heavy atom. The fraction of sp³-hybridized carbons (Fsp3) is 0.417. The summed E-state index contributed by atoms with van der Waals surface area (Å²) >= 11 is 1.77. The first-order chi connectivity index (χ1) is 14.2. The van der Waals surface area contributed by atoms with Gasteiger partial charge in [-0.25, -0.2) is 4.98 Å². The molecule has 152 valence electrons. The molecule has 2 aromatic carbocycles. The number of hydrogen-bond donors (Lipinski definition) is 1. The molecule has 5 heteroatoms. The zero-order chi connectivity index (χ0) is 20.2. The van der Waals surface area contributed by atoms with Crippen molar-refractivity contribution in [3.63, 3.8) is 0 Å². The molecule has 0 unspecified atom stereocenters. The van der Waals surface area contributed by atoms with E-state index >= 15 is 0 Å². The van der Waals surface area contributed by atoms with E-state index in [0.29, 0.717) is 6.54 Å². The summed E-state index contributed by atoms with van der Waals surface area (Å²) in [6, 6.07) is 14.8. The summed E-state index contributed by atoms with van der Waals surface area (Å²) in [4.78, 5) is 20.2. The number of fused-ring (bicyclic) bond motifs is 1. The molecule has 0 aliphatic carbocycles. The molecule has 1 N–H and O–H groups in total. The summed E-state index contributed by atoms with van der Waals surface area (Å²) in [5, 5.41) is 4.37. The number of piperidine rings is 1. The second-order valence-electron chi connectivity index (χ2n) is 7.71. The SMILES string of the molecule is CCc1cccc(CC)c1NC(=O)CN1CCCC[C@@H]1c1nc2ccccc2s1. The Kier molecular flexibility index (Phi) is 6.26. The lowest BCUT2D eigenvalue weighted by atomic mass is 10.0. The van der Waals surface area contributed by atoms with Crippen molar-refractivity contribution >= 4 is 33.1 Å². The van der Waals surface area contributed by atoms with Gasteiger partial charge in [0, 0.05) is 5.69 Å². The van der Waals surface area contributed by atoms with Crippen LogP contribution in [0.4, 0.5) is 5.69 Å². The number of aromatic nitrogens is 1. The molecule has 4 rings (SSSR count). The monoisotopic (exact) mass is 407 g/mol. The van der Waals surface area contributed by atoms with Crippen LogP contribution in [0.2, 0.25) is 0 Å². The number of rotatable bonds is 6. The highest BCUT2D eigenvalue weighted by molar-refractivity contribution is 7.18. The second-order valence-corrected chi connectivity index (χ2v) is 8.77. The van der Waals surface area contributed by atoms with Gasteiger partial charge in [-0.3, -0.25) is 9.69 Å². The Balaban J connectivity index is 1.52. The van der Waals surface area contributed by atoms with E-state index in [9.17, 15) is 4.79 Å². The van der Waals surface area contributed by atoms with E-state index in [0.717, 1.165) is 48.4 Å². The largest absolute Gasteiger partial charge is 0.324 e. The van der Waals surface area contributed by atoms with Gasteiger partial charge < -0.3 is 5.32 Å². The van der Waals surface area contributed by atoms with Crippen molar-refractivity contribution in [3.8, 4) is 0 Å². The van der Waals surface area contributed by atoms with Crippen molar-refractivity contribution in [1.29, 1.82) is 0 Å². The first-order valence-electron chi connectivity index (χ1n) is 10.7. The number of para-hydroxylation sites is 2. The number of aryl methyl sites for hydroxylation is 2. The molecule has 1 atom stereocenters. The van der Waals surface area contributed by atoms with Gasteiger partial charge in [-0.1, -0.05) is 50.6 Å². The lowest BCUT2D eigenvalue weighted by Crippen LogP contribution is -2.39. The number of benzene rings is 2. The van der Waals surface area contributed by atoms with Gasteiger partial charge in [-0.15, -0.1) is 11.3 Å². The van der Waals surface area contributed by atoms with Crippen molar-refractivity contribution in [1.82, 2.24) is 9.88 Å². The minimum Gasteiger partial charge on any atom is -0.324 e. The number of anilines is 1. The van der Waals surface area contributed by atoms with E-state index in [1.807, 2.05) is 6.07 Å². The molecule has 1 aromatic heterocycles. The Morgan fingerprint density at radius 3 is 2.59 bits per heavy atom. The third kappa shape index (κ3) is 4.36. The van der Waals surface area contributed by atoms with Crippen LogP contribution in [0.3, 0.4) is 0 Å². The molecular formula is C24H29N3OS. The highest BCUT2D eigenvalue weighted by Crippen LogP contribution is 2.35. The van der Waals surface area contributed by atoms with Crippen LogP contribution >= 0.6 is 11.3 Å². The molecule has 1 saturated heterocycles. The quantitative estimate of drug-likeness (QED) is 0.579. The normalized spacial score (nSPS) is 17.5. The number of amides is 1. The first-order valence-corrected chi connectivity index (χ1v) is 11.5. The van der Waals surface area contributed by atoms with Crippen LogP contribution in [0.5, 0.6) is 0 Å². The first kappa shape index (κ1) is 20.0. The Morgan fingerprint density at radius 1 is 1.10 bits per heavy atom. The van der Waals surface area contributed by atoms with Crippen LogP contribution < -0.4 is 5.32 Å². The van der Waals surface area contributed by atoms with E-state index in [2.05, 4.69) is 60.5 Å². The number of carbonyl (C=O) groups excluding carboxylic acids is 1. The van der Waals surface area contributed by atoms with Gasteiger partial charge >= 0.3 is 0 Å². The molecule has 29 heavy (non-hydrogen) atoms. The fourth-order valence-electron chi connectivity index (χ4n) is 4.26. The van der Waals surface area contributed by atoms with Crippen molar-refractivity contribution in [2.24, 2.45) is 0 Å². The van der Waals surface area contributed by atoms with Crippen LogP contribution in [0, 0.1) is 0 Å². The fourth-order valence-corrected chi connectivity index (χ4v) is 5.40. The predicted molar refractivity (Wildman–Crippen MR) is 122 cm³/mol. The molecule has 4 nitrogen and oxygen atoms in total. The lowest BCUT2D eigenvalue weighted by Gasteiger charge is -2.34. The number of nitrogens with one attached hydrogen (secondary N) is 1. The molecule has 0 bridgehead atoms.